The van der Waals surface area contributed by atoms with Gasteiger partial charge in [-0.2, -0.15) is 0 Å². The van der Waals surface area contributed by atoms with E-state index in [0.717, 1.165) is 22.3 Å². The Morgan fingerprint density at radius 3 is 2.72 bits per heavy atom. The van der Waals surface area contributed by atoms with Crippen molar-refractivity contribution in [3.8, 4) is 0 Å². The average Bonchev–Trinajstić information content (AvgIpc) is 2.92. The zero-order valence-corrected chi connectivity index (χ0v) is 10.5. The summed E-state index contributed by atoms with van der Waals surface area (Å²) in [6.07, 6.45) is 4.55. The summed E-state index contributed by atoms with van der Waals surface area (Å²) in [5, 5.41) is 1.88. The second-order valence-corrected chi connectivity index (χ2v) is 4.69. The van der Waals surface area contributed by atoms with Gasteiger partial charge in [0.15, 0.2) is 5.78 Å². The van der Waals surface area contributed by atoms with E-state index in [0.29, 0.717) is 6.42 Å². The first-order valence-corrected chi connectivity index (χ1v) is 6.46. The molecule has 0 fully saturated rings. The maximum absolute atomic E-state index is 11.8. The number of hydrogen-bond donors (Lipinski definition) is 0. The molecule has 18 heavy (non-hydrogen) atoms. The van der Waals surface area contributed by atoms with Crippen LogP contribution < -0.4 is 0 Å². The molecule has 0 amide bonds. The first-order chi connectivity index (χ1) is 8.81. The highest BCUT2D eigenvalue weighted by Crippen LogP contribution is 2.14. The number of benzene rings is 1. The van der Waals surface area contributed by atoms with Crippen LogP contribution in [0.4, 0.5) is 0 Å². The number of allylic oxidation sites excluding steroid dienone is 1. The fourth-order valence-electron chi connectivity index (χ4n) is 1.64. The van der Waals surface area contributed by atoms with E-state index in [9.17, 15) is 9.59 Å². The molecule has 0 aliphatic carbocycles. The number of carbonyl (C=O) groups is 2. The van der Waals surface area contributed by atoms with Crippen molar-refractivity contribution in [1.82, 2.24) is 0 Å². The molecule has 0 saturated carbocycles. The van der Waals surface area contributed by atoms with Crippen LogP contribution in [0.5, 0.6) is 0 Å². The lowest BCUT2D eigenvalue weighted by Gasteiger charge is -2.00. The summed E-state index contributed by atoms with van der Waals surface area (Å²) in [4.78, 5) is 23.1. The Bertz CT molecular complexity index is 568. The van der Waals surface area contributed by atoms with Crippen LogP contribution in [-0.2, 0) is 11.2 Å². The van der Waals surface area contributed by atoms with E-state index in [1.165, 1.54) is 11.3 Å². The Hall–Kier alpha value is -2.00. The Morgan fingerprint density at radius 2 is 2.00 bits per heavy atom. The zero-order chi connectivity index (χ0) is 12.8. The maximum Gasteiger partial charge on any atom is 0.195 e. The molecule has 3 heteroatoms. The van der Waals surface area contributed by atoms with Gasteiger partial charge < -0.3 is 4.79 Å². The van der Waals surface area contributed by atoms with Crippen molar-refractivity contribution in [2.24, 2.45) is 0 Å². The molecular weight excluding hydrogens is 244 g/mol. The van der Waals surface area contributed by atoms with Gasteiger partial charge in [0, 0.05) is 6.42 Å². The average molecular weight is 256 g/mol. The Labute approximate surface area is 110 Å². The monoisotopic (exact) mass is 256 g/mol. The molecule has 0 atom stereocenters. The van der Waals surface area contributed by atoms with Crippen molar-refractivity contribution in [2.45, 2.75) is 6.42 Å². The zero-order valence-electron chi connectivity index (χ0n) is 9.71. The SMILES string of the molecule is O=CCc1ccccc1/C=C/C(=O)c1cccs1. The van der Waals surface area contributed by atoms with Gasteiger partial charge in [-0.05, 0) is 28.6 Å². The number of carbonyl (C=O) groups excluding carboxylic acids is 2. The summed E-state index contributed by atoms with van der Waals surface area (Å²) >= 11 is 1.42. The number of hydrogen-bond acceptors (Lipinski definition) is 3. The third-order valence-electron chi connectivity index (χ3n) is 2.54. The predicted molar refractivity (Wildman–Crippen MR) is 73.9 cm³/mol. The summed E-state index contributed by atoms with van der Waals surface area (Å²) in [6, 6.07) is 11.2. The second-order valence-electron chi connectivity index (χ2n) is 3.74. The van der Waals surface area contributed by atoms with Gasteiger partial charge in [-0.15, -0.1) is 11.3 Å². The molecule has 90 valence electrons. The summed E-state index contributed by atoms with van der Waals surface area (Å²) in [7, 11) is 0. The van der Waals surface area contributed by atoms with Gasteiger partial charge in [-0.3, -0.25) is 4.79 Å². The van der Waals surface area contributed by atoms with Crippen LogP contribution in [0.3, 0.4) is 0 Å². The highest BCUT2D eigenvalue weighted by atomic mass is 32.1. The number of aldehydes is 1. The molecule has 0 unspecified atom stereocenters. The molecule has 0 radical (unpaired) electrons. The van der Waals surface area contributed by atoms with Crippen LogP contribution in [0, 0.1) is 0 Å². The van der Waals surface area contributed by atoms with Gasteiger partial charge in [-0.25, -0.2) is 0 Å². The van der Waals surface area contributed by atoms with E-state index < -0.39 is 0 Å². The molecule has 2 nitrogen and oxygen atoms in total. The number of thiophene rings is 1. The Morgan fingerprint density at radius 1 is 1.17 bits per heavy atom. The topological polar surface area (TPSA) is 34.1 Å². The fraction of sp³-hybridized carbons (Fsp3) is 0.0667. The summed E-state index contributed by atoms with van der Waals surface area (Å²) in [5.41, 5.74) is 1.84. The van der Waals surface area contributed by atoms with E-state index in [1.807, 2.05) is 35.7 Å². The second kappa shape index (κ2) is 6.07. The van der Waals surface area contributed by atoms with E-state index in [-0.39, 0.29) is 5.78 Å². The smallest absolute Gasteiger partial charge is 0.195 e. The van der Waals surface area contributed by atoms with Crippen molar-refractivity contribution in [3.05, 3.63) is 63.9 Å². The van der Waals surface area contributed by atoms with Gasteiger partial charge in [0.05, 0.1) is 4.88 Å². The molecule has 0 N–H and O–H groups in total. The molecule has 0 spiro atoms. The molecule has 0 aliphatic heterocycles. The lowest BCUT2D eigenvalue weighted by Crippen LogP contribution is -1.92. The number of rotatable bonds is 5. The van der Waals surface area contributed by atoms with E-state index in [4.69, 9.17) is 0 Å². The minimum absolute atomic E-state index is 0.00842. The maximum atomic E-state index is 11.8. The van der Waals surface area contributed by atoms with Crippen molar-refractivity contribution < 1.29 is 9.59 Å². The standard InChI is InChI=1S/C15H12O2S/c16-10-9-13-5-2-1-4-12(13)7-8-14(17)15-6-3-11-18-15/h1-8,10-11H,9H2/b8-7+. The molecule has 2 rings (SSSR count). The van der Waals surface area contributed by atoms with E-state index in [1.54, 1.807) is 18.2 Å². The van der Waals surface area contributed by atoms with Crippen LogP contribution >= 0.6 is 11.3 Å². The lowest BCUT2D eigenvalue weighted by atomic mass is 10.0. The lowest BCUT2D eigenvalue weighted by molar-refractivity contribution is -0.107. The third-order valence-corrected chi connectivity index (χ3v) is 3.42. The predicted octanol–water partition coefficient (Wildman–Crippen LogP) is 3.39. The van der Waals surface area contributed by atoms with Crippen LogP contribution in [0.2, 0.25) is 0 Å². The molecule has 1 aromatic carbocycles. The summed E-state index contributed by atoms with van der Waals surface area (Å²) in [6.45, 7) is 0. The minimum atomic E-state index is -0.00842. The Balaban J connectivity index is 2.18. The van der Waals surface area contributed by atoms with Crippen molar-refractivity contribution in [1.29, 1.82) is 0 Å². The van der Waals surface area contributed by atoms with Gasteiger partial charge in [-0.1, -0.05) is 36.4 Å². The first-order valence-electron chi connectivity index (χ1n) is 5.58. The van der Waals surface area contributed by atoms with Crippen LogP contribution in [0.15, 0.2) is 47.9 Å². The molecule has 1 aromatic heterocycles. The molecule has 0 saturated heterocycles. The van der Waals surface area contributed by atoms with E-state index in [2.05, 4.69) is 0 Å². The van der Waals surface area contributed by atoms with Gasteiger partial charge in [0.1, 0.15) is 6.29 Å². The van der Waals surface area contributed by atoms with Crippen molar-refractivity contribution in [3.63, 3.8) is 0 Å². The van der Waals surface area contributed by atoms with Crippen molar-refractivity contribution in [2.75, 3.05) is 0 Å². The van der Waals surface area contributed by atoms with Gasteiger partial charge in [0.2, 0.25) is 0 Å². The normalized spacial score (nSPS) is 10.7. The van der Waals surface area contributed by atoms with Crippen molar-refractivity contribution >= 4 is 29.5 Å². The van der Waals surface area contributed by atoms with Gasteiger partial charge >= 0.3 is 0 Å². The Kier molecular flexibility index (Phi) is 4.20. The van der Waals surface area contributed by atoms with Crippen LogP contribution in [0.25, 0.3) is 6.08 Å². The molecule has 0 aliphatic rings. The highest BCUT2D eigenvalue weighted by Gasteiger charge is 2.02. The number of ketones is 1. The van der Waals surface area contributed by atoms with Gasteiger partial charge in [0.25, 0.3) is 0 Å². The largest absolute Gasteiger partial charge is 0.303 e. The van der Waals surface area contributed by atoms with E-state index >= 15 is 0 Å². The fourth-order valence-corrected chi connectivity index (χ4v) is 2.28. The molecule has 1 heterocycles. The quantitative estimate of drug-likeness (QED) is 0.467. The van der Waals surface area contributed by atoms with Crippen LogP contribution in [-0.4, -0.2) is 12.1 Å². The van der Waals surface area contributed by atoms with Crippen LogP contribution in [0.1, 0.15) is 20.8 Å². The first kappa shape index (κ1) is 12.5. The summed E-state index contributed by atoms with van der Waals surface area (Å²) in [5.74, 6) is -0.00842. The molecular formula is C15H12O2S. The highest BCUT2D eigenvalue weighted by molar-refractivity contribution is 7.12. The third kappa shape index (κ3) is 3.02. The molecule has 2 aromatic rings. The minimum Gasteiger partial charge on any atom is -0.303 e. The summed E-state index contributed by atoms with van der Waals surface area (Å²) < 4.78 is 0. The molecule has 0 bridgehead atoms.